The van der Waals surface area contributed by atoms with Crippen LogP contribution in [0.25, 0.3) is 0 Å². The summed E-state index contributed by atoms with van der Waals surface area (Å²) in [5, 5.41) is 9.72. The van der Waals surface area contributed by atoms with Crippen molar-refractivity contribution in [2.45, 2.75) is 38.8 Å². The van der Waals surface area contributed by atoms with Crippen LogP contribution in [0.2, 0.25) is 0 Å². The van der Waals surface area contributed by atoms with Crippen LogP contribution in [0.5, 0.6) is 0 Å². The molecule has 0 unspecified atom stereocenters. The zero-order chi connectivity index (χ0) is 15.6. The van der Waals surface area contributed by atoms with Gasteiger partial charge in [-0.25, -0.2) is 22.0 Å². The second-order valence-electron chi connectivity index (χ2n) is 5.05. The van der Waals surface area contributed by atoms with Crippen molar-refractivity contribution in [2.75, 3.05) is 0 Å². The minimum atomic E-state index is -2.24. The highest BCUT2D eigenvalue weighted by Crippen LogP contribution is 2.29. The van der Waals surface area contributed by atoms with E-state index in [1.54, 1.807) is 0 Å². The Kier molecular flexibility index (Phi) is 5.47. The van der Waals surface area contributed by atoms with Crippen LogP contribution in [0.3, 0.4) is 0 Å². The maximum Gasteiger partial charge on any atom is 0.200 e. The number of halogens is 5. The molecule has 7 heteroatoms. The normalized spacial score (nSPS) is 14.7. The summed E-state index contributed by atoms with van der Waals surface area (Å²) in [5.41, 5.74) is 4.25. The molecule has 2 nitrogen and oxygen atoms in total. The highest BCUT2D eigenvalue weighted by molar-refractivity contribution is 5.27. The van der Waals surface area contributed by atoms with Crippen LogP contribution in [-0.2, 0) is 0 Å². The van der Waals surface area contributed by atoms with E-state index in [-0.39, 0.29) is 12.3 Å². The van der Waals surface area contributed by atoms with Gasteiger partial charge in [0.15, 0.2) is 23.3 Å². The summed E-state index contributed by atoms with van der Waals surface area (Å²) < 4.78 is 66.0. The second-order valence-corrected chi connectivity index (χ2v) is 5.05. The summed E-state index contributed by atoms with van der Waals surface area (Å²) in [5.74, 6) is -10.2. The Balaban J connectivity index is 3.13. The van der Waals surface area contributed by atoms with Crippen LogP contribution in [0, 0.1) is 35.0 Å². The van der Waals surface area contributed by atoms with Gasteiger partial charge < -0.3 is 10.8 Å². The average molecular weight is 297 g/mol. The number of hydrogen-bond acceptors (Lipinski definition) is 2. The van der Waals surface area contributed by atoms with E-state index < -0.39 is 46.8 Å². The number of rotatable bonds is 5. The van der Waals surface area contributed by atoms with Gasteiger partial charge in [-0.15, -0.1) is 0 Å². The highest BCUT2D eigenvalue weighted by Gasteiger charge is 2.31. The quantitative estimate of drug-likeness (QED) is 0.498. The molecule has 0 aliphatic heterocycles. The molecule has 0 saturated heterocycles. The lowest BCUT2D eigenvalue weighted by molar-refractivity contribution is 0.124. The van der Waals surface area contributed by atoms with Gasteiger partial charge >= 0.3 is 0 Å². The molecule has 0 heterocycles. The first-order valence-corrected chi connectivity index (χ1v) is 6.13. The summed E-state index contributed by atoms with van der Waals surface area (Å²) in [6, 6.07) is -1.68. The lowest BCUT2D eigenvalue weighted by atomic mass is 9.95. The number of aliphatic hydroxyl groups is 1. The summed E-state index contributed by atoms with van der Waals surface area (Å²) in [6.45, 7) is 3.72. The summed E-state index contributed by atoms with van der Waals surface area (Å²) in [6.07, 6.45) is -0.798. The van der Waals surface area contributed by atoms with Crippen molar-refractivity contribution in [3.05, 3.63) is 34.6 Å². The molecule has 0 saturated carbocycles. The van der Waals surface area contributed by atoms with Crippen molar-refractivity contribution >= 4 is 0 Å². The Bertz CT molecular complexity index is 463. The van der Waals surface area contributed by atoms with Gasteiger partial charge in [0, 0.05) is 5.56 Å². The topological polar surface area (TPSA) is 46.2 Å². The molecular weight excluding hydrogens is 281 g/mol. The van der Waals surface area contributed by atoms with Gasteiger partial charge in [-0.3, -0.25) is 0 Å². The Labute approximate surface area is 113 Å². The Morgan fingerprint density at radius 1 is 0.850 bits per heavy atom. The van der Waals surface area contributed by atoms with E-state index in [1.807, 2.05) is 13.8 Å². The molecule has 1 aromatic carbocycles. The number of benzene rings is 1. The van der Waals surface area contributed by atoms with E-state index >= 15 is 0 Å². The monoisotopic (exact) mass is 297 g/mol. The van der Waals surface area contributed by atoms with Gasteiger partial charge in [-0.2, -0.15) is 0 Å². The maximum absolute atomic E-state index is 13.5. The minimum Gasteiger partial charge on any atom is -0.391 e. The van der Waals surface area contributed by atoms with Crippen molar-refractivity contribution in [1.82, 2.24) is 0 Å². The molecule has 20 heavy (non-hydrogen) atoms. The number of nitrogens with two attached hydrogens (primary N) is 1. The van der Waals surface area contributed by atoms with Gasteiger partial charge in [0.2, 0.25) is 5.82 Å². The maximum atomic E-state index is 13.5. The Morgan fingerprint density at radius 2 is 1.25 bits per heavy atom. The van der Waals surface area contributed by atoms with Crippen molar-refractivity contribution in [2.24, 2.45) is 11.7 Å². The van der Waals surface area contributed by atoms with E-state index in [0.717, 1.165) is 0 Å². The van der Waals surface area contributed by atoms with E-state index in [1.165, 1.54) is 0 Å². The van der Waals surface area contributed by atoms with Crippen molar-refractivity contribution in [3.8, 4) is 0 Å². The van der Waals surface area contributed by atoms with E-state index in [0.29, 0.717) is 6.42 Å². The van der Waals surface area contributed by atoms with Crippen LogP contribution < -0.4 is 5.73 Å². The molecule has 1 aromatic rings. The zero-order valence-electron chi connectivity index (χ0n) is 11.1. The zero-order valence-corrected chi connectivity index (χ0v) is 11.1. The SMILES string of the molecule is CC(C)CC[C@H](O)[C@H](N)c1c(F)c(F)c(F)c(F)c1F. The standard InChI is InChI=1S/C13H16F5NO/c1-5(2)3-4-6(20)13(19)7-8(14)10(16)12(18)11(17)9(7)15/h5-6,13,20H,3-4,19H2,1-2H3/t6-,13-/m0/s1. The van der Waals surface area contributed by atoms with Crippen LogP contribution in [0.15, 0.2) is 0 Å². The van der Waals surface area contributed by atoms with Crippen molar-refractivity contribution < 1.29 is 27.1 Å². The fourth-order valence-electron chi connectivity index (χ4n) is 1.79. The summed E-state index contributed by atoms with van der Waals surface area (Å²) in [7, 11) is 0. The first kappa shape index (κ1) is 16.8. The van der Waals surface area contributed by atoms with Crippen LogP contribution in [-0.4, -0.2) is 11.2 Å². The molecule has 0 amide bonds. The van der Waals surface area contributed by atoms with Gasteiger partial charge in [-0.1, -0.05) is 13.8 Å². The van der Waals surface area contributed by atoms with Gasteiger partial charge in [0.1, 0.15) is 0 Å². The Morgan fingerprint density at radius 3 is 1.65 bits per heavy atom. The fraction of sp³-hybridized carbons (Fsp3) is 0.538. The van der Waals surface area contributed by atoms with Crippen LogP contribution in [0.4, 0.5) is 22.0 Å². The molecule has 0 spiro atoms. The molecule has 0 aromatic heterocycles. The molecule has 3 N–H and O–H groups in total. The van der Waals surface area contributed by atoms with Crippen molar-refractivity contribution in [1.29, 1.82) is 0 Å². The second kappa shape index (κ2) is 6.49. The first-order valence-electron chi connectivity index (χ1n) is 6.13. The average Bonchev–Trinajstić information content (AvgIpc) is 2.40. The number of hydrogen-bond donors (Lipinski definition) is 2. The van der Waals surface area contributed by atoms with Crippen LogP contribution >= 0.6 is 0 Å². The number of aliphatic hydroxyl groups excluding tert-OH is 1. The highest BCUT2D eigenvalue weighted by atomic mass is 19.2. The summed E-state index contributed by atoms with van der Waals surface area (Å²) >= 11 is 0. The third-order valence-corrected chi connectivity index (χ3v) is 3.03. The molecule has 1 rings (SSSR count). The lowest BCUT2D eigenvalue weighted by Crippen LogP contribution is -2.29. The minimum absolute atomic E-state index is 0.0956. The van der Waals surface area contributed by atoms with Crippen molar-refractivity contribution in [3.63, 3.8) is 0 Å². The molecular formula is C13H16F5NO. The largest absolute Gasteiger partial charge is 0.391 e. The summed E-state index contributed by atoms with van der Waals surface area (Å²) in [4.78, 5) is 0. The Hall–Kier alpha value is -1.21. The lowest BCUT2D eigenvalue weighted by Gasteiger charge is -2.21. The smallest absolute Gasteiger partial charge is 0.200 e. The van der Waals surface area contributed by atoms with Gasteiger partial charge in [0.25, 0.3) is 0 Å². The van der Waals surface area contributed by atoms with E-state index in [2.05, 4.69) is 0 Å². The molecule has 0 aliphatic rings. The molecule has 0 bridgehead atoms. The van der Waals surface area contributed by atoms with E-state index in [9.17, 15) is 27.1 Å². The predicted octanol–water partition coefficient (Wildman–Crippen LogP) is 3.18. The van der Waals surface area contributed by atoms with E-state index in [4.69, 9.17) is 5.73 Å². The first-order chi connectivity index (χ1) is 9.18. The van der Waals surface area contributed by atoms with Gasteiger partial charge in [0.05, 0.1) is 12.1 Å². The third-order valence-electron chi connectivity index (χ3n) is 3.03. The predicted molar refractivity (Wildman–Crippen MR) is 63.2 cm³/mol. The fourth-order valence-corrected chi connectivity index (χ4v) is 1.79. The molecule has 0 fully saturated rings. The molecule has 0 aliphatic carbocycles. The van der Waals surface area contributed by atoms with Gasteiger partial charge in [-0.05, 0) is 18.8 Å². The third kappa shape index (κ3) is 3.27. The molecule has 114 valence electrons. The molecule has 2 atom stereocenters. The van der Waals surface area contributed by atoms with Crippen LogP contribution in [0.1, 0.15) is 38.3 Å². The molecule has 0 radical (unpaired) electrons.